The third-order valence-corrected chi connectivity index (χ3v) is 3.00. The normalized spacial score (nSPS) is 29.5. The van der Waals surface area contributed by atoms with Gasteiger partial charge in [0.15, 0.2) is 0 Å². The fraction of sp³-hybridized carbons (Fsp3) is 0.778. The Balaban J connectivity index is 0.000000209. The molecule has 94 valence electrons. The van der Waals surface area contributed by atoms with Gasteiger partial charge in [-0.1, -0.05) is 5.11 Å². The van der Waals surface area contributed by atoms with E-state index in [1.807, 2.05) is 0 Å². The summed E-state index contributed by atoms with van der Waals surface area (Å²) in [5.74, 6) is -2.97. The van der Waals surface area contributed by atoms with Crippen molar-refractivity contribution in [3.63, 3.8) is 0 Å². The number of fused-ring (bicyclic) bond motifs is 3. The van der Waals surface area contributed by atoms with Gasteiger partial charge >= 0.3 is 11.9 Å². The quantitative estimate of drug-likeness (QED) is 0.300. The standard InChI is InChI=1S/C7H12N4.C2H2O4/c8-10-9-7-5-11-3-1-6(7)2-4-11;3-1(4)2(5)6/h6-7H,1-5H2;(H,3,4)(H,5,6). The van der Waals surface area contributed by atoms with Gasteiger partial charge in [0.1, 0.15) is 0 Å². The molecule has 0 aliphatic carbocycles. The highest BCUT2D eigenvalue weighted by atomic mass is 16.4. The zero-order chi connectivity index (χ0) is 12.8. The lowest BCUT2D eigenvalue weighted by Gasteiger charge is -2.42. The zero-order valence-electron chi connectivity index (χ0n) is 9.19. The molecule has 3 saturated heterocycles. The number of rotatable bonds is 1. The summed E-state index contributed by atoms with van der Waals surface area (Å²) in [6.07, 6.45) is 2.45. The van der Waals surface area contributed by atoms with Crippen molar-refractivity contribution in [2.75, 3.05) is 19.6 Å². The number of nitrogens with zero attached hydrogens (tertiary/aromatic N) is 4. The van der Waals surface area contributed by atoms with E-state index in [1.165, 1.54) is 25.9 Å². The number of piperidine rings is 3. The number of hydrogen-bond acceptors (Lipinski definition) is 4. The predicted molar refractivity (Wildman–Crippen MR) is 57.4 cm³/mol. The molecule has 2 bridgehead atoms. The molecule has 0 amide bonds. The van der Waals surface area contributed by atoms with E-state index in [0.717, 1.165) is 6.54 Å². The molecule has 0 spiro atoms. The minimum atomic E-state index is -1.82. The molecular formula is C9H14N4O4. The molecule has 8 heteroatoms. The molecule has 3 heterocycles. The summed E-state index contributed by atoms with van der Waals surface area (Å²) < 4.78 is 0. The van der Waals surface area contributed by atoms with Crippen LogP contribution >= 0.6 is 0 Å². The van der Waals surface area contributed by atoms with Crippen LogP contribution in [-0.4, -0.2) is 52.7 Å². The molecule has 0 aromatic heterocycles. The first kappa shape index (κ1) is 13.3. The highest BCUT2D eigenvalue weighted by Gasteiger charge is 2.33. The largest absolute Gasteiger partial charge is 0.473 e. The van der Waals surface area contributed by atoms with Crippen LogP contribution in [0.2, 0.25) is 0 Å². The lowest BCUT2D eigenvalue weighted by molar-refractivity contribution is -0.159. The van der Waals surface area contributed by atoms with Crippen LogP contribution in [0, 0.1) is 5.92 Å². The Bertz CT molecular complexity index is 333. The van der Waals surface area contributed by atoms with Gasteiger partial charge in [-0.2, -0.15) is 0 Å². The first-order valence-corrected chi connectivity index (χ1v) is 5.27. The lowest BCUT2D eigenvalue weighted by Crippen LogP contribution is -2.49. The van der Waals surface area contributed by atoms with E-state index < -0.39 is 11.9 Å². The van der Waals surface area contributed by atoms with Crippen molar-refractivity contribution in [2.45, 2.75) is 18.9 Å². The van der Waals surface area contributed by atoms with E-state index in [2.05, 4.69) is 14.9 Å². The van der Waals surface area contributed by atoms with E-state index in [-0.39, 0.29) is 6.04 Å². The van der Waals surface area contributed by atoms with E-state index in [4.69, 9.17) is 25.3 Å². The Hall–Kier alpha value is -1.79. The second-order valence-corrected chi connectivity index (χ2v) is 4.02. The number of carboxylic acids is 2. The lowest BCUT2D eigenvalue weighted by atomic mass is 9.85. The average Bonchev–Trinajstić information content (AvgIpc) is 2.31. The second-order valence-electron chi connectivity index (χ2n) is 4.02. The molecule has 3 aliphatic heterocycles. The summed E-state index contributed by atoms with van der Waals surface area (Å²) in [7, 11) is 0. The van der Waals surface area contributed by atoms with Crippen LogP contribution in [-0.2, 0) is 9.59 Å². The van der Waals surface area contributed by atoms with Crippen molar-refractivity contribution in [2.24, 2.45) is 11.0 Å². The Morgan fingerprint density at radius 2 is 1.76 bits per heavy atom. The summed E-state index contributed by atoms with van der Waals surface area (Å²) in [4.78, 5) is 23.5. The Morgan fingerprint density at radius 1 is 1.24 bits per heavy atom. The van der Waals surface area contributed by atoms with Crippen molar-refractivity contribution in [1.29, 1.82) is 0 Å². The van der Waals surface area contributed by atoms with Gasteiger partial charge in [0.25, 0.3) is 0 Å². The zero-order valence-corrected chi connectivity index (χ0v) is 9.19. The summed E-state index contributed by atoms with van der Waals surface area (Å²) in [5, 5.41) is 18.6. The molecule has 0 radical (unpaired) electrons. The second kappa shape index (κ2) is 6.07. The van der Waals surface area contributed by atoms with Crippen LogP contribution in [0.3, 0.4) is 0 Å². The van der Waals surface area contributed by atoms with Gasteiger partial charge in [0.2, 0.25) is 0 Å². The van der Waals surface area contributed by atoms with Gasteiger partial charge < -0.3 is 15.1 Å². The minimum Gasteiger partial charge on any atom is -0.473 e. The molecule has 3 fully saturated rings. The maximum Gasteiger partial charge on any atom is 0.414 e. The molecule has 17 heavy (non-hydrogen) atoms. The molecule has 1 unspecified atom stereocenters. The highest BCUT2D eigenvalue weighted by Crippen LogP contribution is 2.29. The molecule has 2 N–H and O–H groups in total. The monoisotopic (exact) mass is 242 g/mol. The Kier molecular flexibility index (Phi) is 4.74. The van der Waals surface area contributed by atoms with E-state index in [0.29, 0.717) is 5.92 Å². The van der Waals surface area contributed by atoms with E-state index in [9.17, 15) is 0 Å². The third-order valence-electron chi connectivity index (χ3n) is 3.00. The molecule has 8 nitrogen and oxygen atoms in total. The van der Waals surface area contributed by atoms with Crippen molar-refractivity contribution < 1.29 is 19.8 Å². The van der Waals surface area contributed by atoms with E-state index >= 15 is 0 Å². The smallest absolute Gasteiger partial charge is 0.414 e. The van der Waals surface area contributed by atoms with Gasteiger partial charge in [-0.25, -0.2) is 9.59 Å². The van der Waals surface area contributed by atoms with Crippen LogP contribution in [0.15, 0.2) is 5.11 Å². The SMILES string of the molecule is O=C(O)C(=O)O.[N-]=[N+]=NC1CN2CCC1CC2. The molecular weight excluding hydrogens is 228 g/mol. The van der Waals surface area contributed by atoms with Crippen LogP contribution in [0.25, 0.3) is 10.4 Å². The first-order valence-electron chi connectivity index (χ1n) is 5.27. The van der Waals surface area contributed by atoms with Crippen molar-refractivity contribution in [3.8, 4) is 0 Å². The summed E-state index contributed by atoms with van der Waals surface area (Å²) in [6, 6.07) is 0.266. The van der Waals surface area contributed by atoms with Gasteiger partial charge in [0, 0.05) is 11.5 Å². The average molecular weight is 242 g/mol. The van der Waals surface area contributed by atoms with E-state index in [1.54, 1.807) is 0 Å². The molecule has 0 saturated carbocycles. The Morgan fingerprint density at radius 3 is 2.06 bits per heavy atom. The fourth-order valence-corrected chi connectivity index (χ4v) is 2.13. The number of carbonyl (C=O) groups is 2. The maximum absolute atomic E-state index is 9.10. The summed E-state index contributed by atoms with van der Waals surface area (Å²) in [6.45, 7) is 3.42. The van der Waals surface area contributed by atoms with Crippen LogP contribution in [0.4, 0.5) is 0 Å². The predicted octanol–water partition coefficient (Wildman–Crippen LogP) is 0.546. The minimum absolute atomic E-state index is 0.266. The van der Waals surface area contributed by atoms with Gasteiger partial charge in [-0.05, 0) is 37.4 Å². The summed E-state index contributed by atoms with van der Waals surface area (Å²) in [5.41, 5.74) is 8.29. The van der Waals surface area contributed by atoms with Gasteiger partial charge in [-0.15, -0.1) is 0 Å². The van der Waals surface area contributed by atoms with Crippen LogP contribution in [0.5, 0.6) is 0 Å². The van der Waals surface area contributed by atoms with Crippen molar-refractivity contribution in [1.82, 2.24) is 4.90 Å². The van der Waals surface area contributed by atoms with Crippen LogP contribution < -0.4 is 0 Å². The maximum atomic E-state index is 9.10. The molecule has 0 aromatic carbocycles. The Labute approximate surface area is 97.5 Å². The topological polar surface area (TPSA) is 127 Å². The third kappa shape index (κ3) is 3.93. The fourth-order valence-electron chi connectivity index (χ4n) is 2.13. The van der Waals surface area contributed by atoms with Crippen LogP contribution in [0.1, 0.15) is 12.8 Å². The number of carboxylic acid groups (broad SMARTS) is 2. The number of azide groups is 1. The van der Waals surface area contributed by atoms with Crippen molar-refractivity contribution >= 4 is 11.9 Å². The summed E-state index contributed by atoms with van der Waals surface area (Å²) >= 11 is 0. The highest BCUT2D eigenvalue weighted by molar-refractivity contribution is 6.27. The molecule has 0 aromatic rings. The van der Waals surface area contributed by atoms with Crippen molar-refractivity contribution in [3.05, 3.63) is 10.4 Å². The number of aliphatic carboxylic acids is 2. The first-order chi connectivity index (χ1) is 8.04. The molecule has 1 atom stereocenters. The molecule has 3 aliphatic rings. The van der Waals surface area contributed by atoms with Gasteiger partial charge in [-0.3, -0.25) is 0 Å². The van der Waals surface area contributed by atoms with Gasteiger partial charge in [0.05, 0.1) is 6.04 Å². The number of hydrogen-bond donors (Lipinski definition) is 2. The molecule has 3 rings (SSSR count).